The summed E-state index contributed by atoms with van der Waals surface area (Å²) in [6, 6.07) is 1.58. The van der Waals surface area contributed by atoms with Crippen LogP contribution in [0.1, 0.15) is 18.1 Å². The molecular formula is C14H17FN2O. The van der Waals surface area contributed by atoms with E-state index in [1.807, 2.05) is 6.20 Å². The highest BCUT2D eigenvalue weighted by Gasteiger charge is 2.22. The molecule has 0 atom stereocenters. The van der Waals surface area contributed by atoms with E-state index in [0.29, 0.717) is 13.0 Å². The van der Waals surface area contributed by atoms with Gasteiger partial charge >= 0.3 is 0 Å². The average Bonchev–Trinajstić information content (AvgIpc) is 2.96. The molecule has 0 saturated carbocycles. The summed E-state index contributed by atoms with van der Waals surface area (Å²) in [7, 11) is 0. The van der Waals surface area contributed by atoms with Crippen LogP contribution in [0.2, 0.25) is 0 Å². The second-order valence-electron chi connectivity index (χ2n) is 4.60. The van der Waals surface area contributed by atoms with Crippen LogP contribution in [-0.2, 0) is 12.8 Å². The highest BCUT2D eigenvalue weighted by molar-refractivity contribution is 5.91. The Balaban J connectivity index is 2.04. The van der Waals surface area contributed by atoms with Crippen LogP contribution in [0.3, 0.4) is 0 Å². The normalized spacial score (nSPS) is 13.9. The third-order valence-electron chi connectivity index (χ3n) is 3.47. The minimum atomic E-state index is -0.157. The lowest BCUT2D eigenvalue weighted by Gasteiger charge is -2.06. The van der Waals surface area contributed by atoms with Crippen LogP contribution in [0, 0.1) is 5.82 Å². The Labute approximate surface area is 105 Å². The monoisotopic (exact) mass is 248 g/mol. The van der Waals surface area contributed by atoms with E-state index in [2.05, 4.69) is 17.2 Å². The van der Waals surface area contributed by atoms with E-state index in [1.165, 1.54) is 5.56 Å². The number of benzene rings is 1. The average molecular weight is 248 g/mol. The Bertz CT molecular complexity index is 577. The van der Waals surface area contributed by atoms with Crippen molar-refractivity contribution in [1.29, 1.82) is 0 Å². The molecule has 0 amide bonds. The molecule has 1 aliphatic heterocycles. The zero-order chi connectivity index (χ0) is 12.5. The lowest BCUT2D eigenvalue weighted by molar-refractivity contribution is 0.360. The van der Waals surface area contributed by atoms with Gasteiger partial charge in [0.15, 0.2) is 0 Å². The molecule has 0 unspecified atom stereocenters. The van der Waals surface area contributed by atoms with Gasteiger partial charge in [0.25, 0.3) is 0 Å². The van der Waals surface area contributed by atoms with Gasteiger partial charge in [0, 0.05) is 23.6 Å². The molecule has 0 bridgehead atoms. The van der Waals surface area contributed by atoms with Gasteiger partial charge in [0.05, 0.1) is 12.1 Å². The van der Waals surface area contributed by atoms with Gasteiger partial charge in [-0.05, 0) is 31.1 Å². The standard InChI is InChI=1S/C14H17FN2O/c1-2-16-5-3-9-8-17-12-7-11(15)10-4-6-18-14(10)13(9)12/h7-8,16-17H,2-6H2,1H3. The summed E-state index contributed by atoms with van der Waals surface area (Å²) in [6.45, 7) is 4.57. The summed E-state index contributed by atoms with van der Waals surface area (Å²) in [5.41, 5.74) is 2.76. The van der Waals surface area contributed by atoms with Gasteiger partial charge in [-0.15, -0.1) is 0 Å². The minimum absolute atomic E-state index is 0.157. The molecule has 0 saturated heterocycles. The molecule has 1 aromatic heterocycles. The second-order valence-corrected chi connectivity index (χ2v) is 4.60. The van der Waals surface area contributed by atoms with Crippen molar-refractivity contribution in [1.82, 2.24) is 10.3 Å². The van der Waals surface area contributed by atoms with Crippen molar-refractivity contribution in [2.75, 3.05) is 19.7 Å². The van der Waals surface area contributed by atoms with Crippen molar-refractivity contribution in [2.24, 2.45) is 0 Å². The Morgan fingerprint density at radius 2 is 2.39 bits per heavy atom. The Morgan fingerprint density at radius 3 is 3.22 bits per heavy atom. The number of aromatic nitrogens is 1. The molecule has 0 spiro atoms. The smallest absolute Gasteiger partial charge is 0.135 e. The summed E-state index contributed by atoms with van der Waals surface area (Å²) >= 11 is 0. The number of H-pyrrole nitrogens is 1. The number of rotatable bonds is 4. The fraction of sp³-hybridized carbons (Fsp3) is 0.429. The highest BCUT2D eigenvalue weighted by Crippen LogP contribution is 2.37. The molecule has 2 N–H and O–H groups in total. The maximum atomic E-state index is 13.8. The predicted molar refractivity (Wildman–Crippen MR) is 69.7 cm³/mol. The highest BCUT2D eigenvalue weighted by atomic mass is 19.1. The minimum Gasteiger partial charge on any atom is -0.492 e. The number of ether oxygens (including phenoxy) is 1. The summed E-state index contributed by atoms with van der Waals surface area (Å²) < 4.78 is 19.4. The van der Waals surface area contributed by atoms with Crippen molar-refractivity contribution in [3.05, 3.63) is 29.2 Å². The Morgan fingerprint density at radius 1 is 1.50 bits per heavy atom. The van der Waals surface area contributed by atoms with Gasteiger partial charge in [0.1, 0.15) is 11.6 Å². The third-order valence-corrected chi connectivity index (χ3v) is 3.47. The van der Waals surface area contributed by atoms with Crippen LogP contribution < -0.4 is 10.1 Å². The zero-order valence-corrected chi connectivity index (χ0v) is 10.5. The van der Waals surface area contributed by atoms with E-state index >= 15 is 0 Å². The maximum absolute atomic E-state index is 13.8. The first-order valence-electron chi connectivity index (χ1n) is 6.46. The number of hydrogen-bond donors (Lipinski definition) is 2. The first-order chi connectivity index (χ1) is 8.81. The molecule has 4 heteroatoms. The van der Waals surface area contributed by atoms with Crippen molar-refractivity contribution in [2.45, 2.75) is 19.8 Å². The maximum Gasteiger partial charge on any atom is 0.135 e. The van der Waals surface area contributed by atoms with Crippen molar-refractivity contribution in [3.63, 3.8) is 0 Å². The molecule has 1 aromatic carbocycles. The number of hydrogen-bond acceptors (Lipinski definition) is 2. The quantitative estimate of drug-likeness (QED) is 0.815. The molecule has 0 aliphatic carbocycles. The second kappa shape index (κ2) is 4.61. The molecule has 0 radical (unpaired) electrons. The van der Waals surface area contributed by atoms with Crippen LogP contribution in [0.5, 0.6) is 5.75 Å². The van der Waals surface area contributed by atoms with Gasteiger partial charge < -0.3 is 15.0 Å². The molecule has 2 heterocycles. The summed E-state index contributed by atoms with van der Waals surface area (Å²) in [6.07, 6.45) is 3.56. The number of nitrogens with one attached hydrogen (secondary N) is 2. The summed E-state index contributed by atoms with van der Waals surface area (Å²) in [5.74, 6) is 0.591. The Kier molecular flexibility index (Phi) is 2.96. The van der Waals surface area contributed by atoms with E-state index in [0.717, 1.165) is 41.7 Å². The molecule has 1 aliphatic rings. The number of likely N-dealkylation sites (N-methyl/N-ethyl adjacent to an activating group) is 1. The van der Waals surface area contributed by atoms with Crippen LogP contribution in [-0.4, -0.2) is 24.7 Å². The molecule has 2 aromatic rings. The first-order valence-corrected chi connectivity index (χ1v) is 6.46. The molecule has 3 rings (SSSR count). The van der Waals surface area contributed by atoms with E-state index in [-0.39, 0.29) is 5.82 Å². The van der Waals surface area contributed by atoms with E-state index in [9.17, 15) is 4.39 Å². The SMILES string of the molecule is CCNCCc1c[nH]c2cc(F)c3c(c12)OCC3. The topological polar surface area (TPSA) is 37.0 Å². The summed E-state index contributed by atoms with van der Waals surface area (Å²) in [4.78, 5) is 3.14. The van der Waals surface area contributed by atoms with Gasteiger partial charge in [0.2, 0.25) is 0 Å². The lowest BCUT2D eigenvalue weighted by Crippen LogP contribution is -2.15. The van der Waals surface area contributed by atoms with E-state index in [4.69, 9.17) is 4.74 Å². The molecule has 96 valence electrons. The van der Waals surface area contributed by atoms with Crippen LogP contribution in [0.25, 0.3) is 10.9 Å². The van der Waals surface area contributed by atoms with Gasteiger partial charge in [-0.1, -0.05) is 6.92 Å². The molecule has 3 nitrogen and oxygen atoms in total. The predicted octanol–water partition coefficient (Wildman–Crippen LogP) is 2.39. The van der Waals surface area contributed by atoms with Gasteiger partial charge in [-0.3, -0.25) is 0 Å². The van der Waals surface area contributed by atoms with Gasteiger partial charge in [-0.2, -0.15) is 0 Å². The van der Waals surface area contributed by atoms with Crippen LogP contribution >= 0.6 is 0 Å². The Hall–Kier alpha value is -1.55. The lowest BCUT2D eigenvalue weighted by atomic mass is 10.0. The van der Waals surface area contributed by atoms with Crippen molar-refractivity contribution < 1.29 is 9.13 Å². The van der Waals surface area contributed by atoms with Crippen molar-refractivity contribution in [3.8, 4) is 5.75 Å². The van der Waals surface area contributed by atoms with E-state index < -0.39 is 0 Å². The first kappa shape index (κ1) is 11.5. The summed E-state index contributed by atoms with van der Waals surface area (Å²) in [5, 5.41) is 4.36. The van der Waals surface area contributed by atoms with E-state index in [1.54, 1.807) is 6.07 Å². The number of halogens is 1. The molecule has 0 fully saturated rings. The zero-order valence-electron chi connectivity index (χ0n) is 10.5. The number of aromatic amines is 1. The third kappa shape index (κ3) is 1.77. The molecule has 18 heavy (non-hydrogen) atoms. The van der Waals surface area contributed by atoms with Crippen LogP contribution in [0.4, 0.5) is 4.39 Å². The van der Waals surface area contributed by atoms with Gasteiger partial charge in [-0.25, -0.2) is 4.39 Å². The fourth-order valence-electron chi connectivity index (χ4n) is 2.58. The largest absolute Gasteiger partial charge is 0.492 e. The molecular weight excluding hydrogens is 231 g/mol. The van der Waals surface area contributed by atoms with Crippen LogP contribution in [0.15, 0.2) is 12.3 Å². The fourth-order valence-corrected chi connectivity index (χ4v) is 2.58. The van der Waals surface area contributed by atoms with Crippen molar-refractivity contribution >= 4 is 10.9 Å². The number of fused-ring (bicyclic) bond motifs is 3.